The molecule has 7 nitrogen and oxygen atoms in total. The summed E-state index contributed by atoms with van der Waals surface area (Å²) in [6.07, 6.45) is 28.4. The van der Waals surface area contributed by atoms with Crippen LogP contribution in [0.2, 0.25) is 0 Å². The normalized spacial score (nSPS) is 13.2. The van der Waals surface area contributed by atoms with E-state index in [-0.39, 0.29) is 12.5 Å². The van der Waals surface area contributed by atoms with E-state index in [4.69, 9.17) is 10.2 Å². The third-order valence-electron chi connectivity index (χ3n) is 8.26. The molecule has 0 radical (unpaired) electrons. The molecule has 0 aromatic carbocycles. The van der Waals surface area contributed by atoms with Crippen molar-refractivity contribution in [3.8, 4) is 0 Å². The average molecular weight is 617 g/mol. The third kappa shape index (κ3) is 38.8. The first-order valence-corrected chi connectivity index (χ1v) is 18.2. The maximum absolute atomic E-state index is 10.4. The summed E-state index contributed by atoms with van der Waals surface area (Å²) in [5, 5.41) is 46.7. The predicted molar refractivity (Wildman–Crippen MR) is 179 cm³/mol. The van der Waals surface area contributed by atoms with E-state index in [0.29, 0.717) is 19.3 Å². The first kappa shape index (κ1) is 43.9. The minimum absolute atomic E-state index is 0.0853. The van der Waals surface area contributed by atoms with Gasteiger partial charge in [0.15, 0.2) is 0 Å². The molecular formula is C36H72O7. The second-order valence-corrected chi connectivity index (χ2v) is 12.7. The molecule has 43 heavy (non-hydrogen) atoms. The Morgan fingerprint density at radius 1 is 0.395 bits per heavy atom. The highest BCUT2D eigenvalue weighted by Crippen LogP contribution is 2.16. The van der Waals surface area contributed by atoms with Crippen LogP contribution in [0.4, 0.5) is 0 Å². The zero-order valence-corrected chi connectivity index (χ0v) is 28.3. The Morgan fingerprint density at radius 2 is 0.651 bits per heavy atom. The molecule has 0 aliphatic rings. The number of hydrogen-bond acceptors (Lipinski definition) is 5. The van der Waals surface area contributed by atoms with Crippen molar-refractivity contribution in [3.63, 3.8) is 0 Å². The van der Waals surface area contributed by atoms with Gasteiger partial charge in [0.25, 0.3) is 0 Å². The van der Waals surface area contributed by atoms with Crippen molar-refractivity contribution in [2.75, 3.05) is 0 Å². The van der Waals surface area contributed by atoms with Crippen molar-refractivity contribution >= 4 is 11.9 Å². The highest BCUT2D eigenvalue weighted by molar-refractivity contribution is 5.66. The minimum atomic E-state index is -0.728. The summed E-state index contributed by atoms with van der Waals surface area (Å²) in [7, 11) is 0. The van der Waals surface area contributed by atoms with Gasteiger partial charge in [-0.1, -0.05) is 149 Å². The van der Waals surface area contributed by atoms with Gasteiger partial charge in [0, 0.05) is 12.8 Å². The molecule has 0 fully saturated rings. The smallest absolute Gasteiger partial charge is 0.303 e. The Bertz CT molecular complexity index is 584. The van der Waals surface area contributed by atoms with Crippen molar-refractivity contribution in [3.05, 3.63) is 0 Å². The Morgan fingerprint density at radius 3 is 0.977 bits per heavy atom. The Hall–Kier alpha value is -1.18. The molecule has 0 rings (SSSR count). The van der Waals surface area contributed by atoms with Gasteiger partial charge in [-0.2, -0.15) is 0 Å². The Balaban J connectivity index is 0. The molecule has 258 valence electrons. The van der Waals surface area contributed by atoms with Crippen LogP contribution in [0.1, 0.15) is 200 Å². The lowest BCUT2D eigenvalue weighted by Crippen LogP contribution is -2.25. The molecule has 0 saturated carbocycles. The van der Waals surface area contributed by atoms with E-state index in [1.165, 1.54) is 77.0 Å². The maximum atomic E-state index is 10.4. The SMILES string of the molecule is CCCCCCC(O)CCCCCCCCCCC(=O)O.CCCCCCCCC(O)C(O)CCCCCCCC(=O)O. The van der Waals surface area contributed by atoms with Gasteiger partial charge in [0.05, 0.1) is 18.3 Å². The van der Waals surface area contributed by atoms with Crippen LogP contribution in [0.3, 0.4) is 0 Å². The van der Waals surface area contributed by atoms with Gasteiger partial charge in [-0.25, -0.2) is 0 Å². The third-order valence-corrected chi connectivity index (χ3v) is 8.26. The molecule has 0 aromatic rings. The molecule has 7 heteroatoms. The van der Waals surface area contributed by atoms with Gasteiger partial charge in [-0.05, 0) is 38.5 Å². The fourth-order valence-corrected chi connectivity index (χ4v) is 5.35. The van der Waals surface area contributed by atoms with Crippen LogP contribution in [0.15, 0.2) is 0 Å². The van der Waals surface area contributed by atoms with Crippen LogP contribution >= 0.6 is 0 Å². The van der Waals surface area contributed by atoms with Crippen LogP contribution in [0.5, 0.6) is 0 Å². The quantitative estimate of drug-likeness (QED) is 0.0475. The lowest BCUT2D eigenvalue weighted by atomic mass is 9.99. The summed E-state index contributed by atoms with van der Waals surface area (Å²) in [6.45, 7) is 4.41. The fourth-order valence-electron chi connectivity index (χ4n) is 5.35. The van der Waals surface area contributed by atoms with Crippen molar-refractivity contribution in [2.45, 2.75) is 218 Å². The van der Waals surface area contributed by atoms with E-state index in [9.17, 15) is 24.9 Å². The van der Waals surface area contributed by atoms with Crippen molar-refractivity contribution in [2.24, 2.45) is 0 Å². The number of carbonyl (C=O) groups is 2. The van der Waals surface area contributed by atoms with E-state index in [1.807, 2.05) is 0 Å². The number of hydrogen-bond donors (Lipinski definition) is 5. The zero-order valence-electron chi connectivity index (χ0n) is 28.3. The van der Waals surface area contributed by atoms with E-state index in [0.717, 1.165) is 83.5 Å². The molecule has 5 N–H and O–H groups in total. The first-order chi connectivity index (χ1) is 20.7. The van der Waals surface area contributed by atoms with E-state index in [1.54, 1.807) is 0 Å². The average Bonchev–Trinajstić information content (AvgIpc) is 2.97. The summed E-state index contributed by atoms with van der Waals surface area (Å²) in [5.74, 6) is -1.41. The van der Waals surface area contributed by atoms with Gasteiger partial charge in [0.1, 0.15) is 0 Å². The summed E-state index contributed by atoms with van der Waals surface area (Å²) in [5.41, 5.74) is 0. The second kappa shape index (κ2) is 35.3. The standard InChI is InChI=1S/C18H36O4.C18H36O3/c1-2-3-4-5-7-10-13-16(19)17(20)14-11-8-6-9-12-15-18(21)22;1-2-3-4-11-14-17(19)15-12-9-7-5-6-8-10-13-16-18(20)21/h16-17,19-20H,2-15H2,1H3,(H,21,22);17,19H,2-16H2,1H3,(H,20,21). The monoisotopic (exact) mass is 617 g/mol. The molecule has 0 aliphatic heterocycles. The molecule has 0 heterocycles. The van der Waals surface area contributed by atoms with E-state index in [2.05, 4.69) is 13.8 Å². The van der Waals surface area contributed by atoms with Gasteiger partial charge < -0.3 is 25.5 Å². The predicted octanol–water partition coefficient (Wildman–Crippen LogP) is 9.58. The van der Waals surface area contributed by atoms with Gasteiger partial charge >= 0.3 is 11.9 Å². The van der Waals surface area contributed by atoms with E-state index >= 15 is 0 Å². The number of unbranched alkanes of at least 4 members (excludes halogenated alkanes) is 19. The molecule has 0 aromatic heterocycles. The fraction of sp³-hybridized carbons (Fsp3) is 0.944. The molecule has 0 bridgehead atoms. The number of carboxylic acid groups (broad SMARTS) is 2. The van der Waals surface area contributed by atoms with Crippen LogP contribution in [0.25, 0.3) is 0 Å². The van der Waals surface area contributed by atoms with Crippen molar-refractivity contribution < 1.29 is 35.1 Å². The number of carboxylic acids is 2. The number of aliphatic hydroxyl groups is 3. The molecular weight excluding hydrogens is 544 g/mol. The largest absolute Gasteiger partial charge is 0.481 e. The summed E-state index contributed by atoms with van der Waals surface area (Å²) < 4.78 is 0. The molecule has 0 amide bonds. The highest BCUT2D eigenvalue weighted by Gasteiger charge is 2.15. The molecule has 0 spiro atoms. The number of aliphatic hydroxyl groups excluding tert-OH is 3. The summed E-state index contributed by atoms with van der Waals surface area (Å²) >= 11 is 0. The van der Waals surface area contributed by atoms with Crippen LogP contribution in [-0.2, 0) is 9.59 Å². The lowest BCUT2D eigenvalue weighted by Gasteiger charge is -2.17. The lowest BCUT2D eigenvalue weighted by molar-refractivity contribution is -0.138. The maximum Gasteiger partial charge on any atom is 0.303 e. The van der Waals surface area contributed by atoms with Crippen LogP contribution < -0.4 is 0 Å². The zero-order chi connectivity index (χ0) is 32.4. The van der Waals surface area contributed by atoms with E-state index < -0.39 is 24.1 Å². The number of aliphatic carboxylic acids is 2. The number of rotatable bonds is 32. The molecule has 0 saturated heterocycles. The minimum Gasteiger partial charge on any atom is -0.481 e. The highest BCUT2D eigenvalue weighted by atomic mass is 16.4. The Kier molecular flexibility index (Phi) is 36.1. The van der Waals surface area contributed by atoms with Gasteiger partial charge in [0.2, 0.25) is 0 Å². The van der Waals surface area contributed by atoms with Crippen LogP contribution in [-0.4, -0.2) is 55.8 Å². The van der Waals surface area contributed by atoms with Crippen molar-refractivity contribution in [1.82, 2.24) is 0 Å². The van der Waals surface area contributed by atoms with Gasteiger partial charge in [-0.3, -0.25) is 9.59 Å². The first-order valence-electron chi connectivity index (χ1n) is 18.2. The molecule has 3 unspecified atom stereocenters. The summed E-state index contributed by atoms with van der Waals surface area (Å²) in [4.78, 5) is 20.7. The summed E-state index contributed by atoms with van der Waals surface area (Å²) in [6, 6.07) is 0. The van der Waals surface area contributed by atoms with Gasteiger partial charge in [-0.15, -0.1) is 0 Å². The molecule has 0 aliphatic carbocycles. The Labute approximate surface area is 265 Å². The van der Waals surface area contributed by atoms with Crippen molar-refractivity contribution in [1.29, 1.82) is 0 Å². The van der Waals surface area contributed by atoms with Crippen LogP contribution in [0, 0.1) is 0 Å². The molecule has 3 atom stereocenters. The topological polar surface area (TPSA) is 135 Å². The second-order valence-electron chi connectivity index (χ2n) is 12.7.